The van der Waals surface area contributed by atoms with Gasteiger partial charge in [-0.25, -0.2) is 13.6 Å². The van der Waals surface area contributed by atoms with Crippen LogP contribution in [0.3, 0.4) is 0 Å². The van der Waals surface area contributed by atoms with Crippen LogP contribution in [0, 0.1) is 15.2 Å². The van der Waals surface area contributed by atoms with E-state index in [0.717, 1.165) is 34.9 Å². The summed E-state index contributed by atoms with van der Waals surface area (Å²) in [4.78, 5) is 12.2. The Morgan fingerprint density at radius 1 is 1.04 bits per heavy atom. The molecular weight excluding hydrogens is 465 g/mol. The number of benzene rings is 2. The molecule has 2 aromatic carbocycles. The van der Waals surface area contributed by atoms with Gasteiger partial charge in [-0.2, -0.15) is 0 Å². The van der Waals surface area contributed by atoms with E-state index in [-0.39, 0.29) is 30.3 Å². The van der Waals surface area contributed by atoms with E-state index in [9.17, 15) is 13.6 Å². The molecule has 0 radical (unpaired) electrons. The lowest BCUT2D eigenvalue weighted by Gasteiger charge is -2.29. The van der Waals surface area contributed by atoms with Gasteiger partial charge < -0.3 is 15.4 Å². The number of halogens is 3. The summed E-state index contributed by atoms with van der Waals surface area (Å²) in [6.07, 6.45) is 2.96. The molecule has 0 saturated heterocycles. The summed E-state index contributed by atoms with van der Waals surface area (Å²) in [6, 6.07) is 11.2. The molecule has 1 saturated carbocycles. The number of rotatable bonds is 5. The quantitative estimate of drug-likeness (QED) is 0.570. The Morgan fingerprint density at radius 2 is 1.70 bits per heavy atom. The van der Waals surface area contributed by atoms with Crippen molar-refractivity contribution in [3.8, 4) is 0 Å². The molecule has 1 fully saturated rings. The van der Waals surface area contributed by atoms with E-state index in [1.54, 1.807) is 0 Å². The third kappa shape index (κ3) is 5.62. The minimum atomic E-state index is -0.586. The van der Waals surface area contributed by atoms with Gasteiger partial charge in [-0.15, -0.1) is 0 Å². The van der Waals surface area contributed by atoms with E-state index < -0.39 is 11.6 Å². The zero-order valence-electron chi connectivity index (χ0n) is 14.7. The van der Waals surface area contributed by atoms with Crippen LogP contribution in [-0.4, -0.2) is 18.2 Å². The molecule has 7 heteroatoms. The molecule has 0 bridgehead atoms. The van der Waals surface area contributed by atoms with Crippen molar-refractivity contribution in [1.82, 2.24) is 5.32 Å². The molecule has 0 spiro atoms. The van der Waals surface area contributed by atoms with Crippen molar-refractivity contribution in [2.75, 3.05) is 5.32 Å². The summed E-state index contributed by atoms with van der Waals surface area (Å²) >= 11 is 2.17. The van der Waals surface area contributed by atoms with Crippen molar-refractivity contribution in [2.45, 2.75) is 44.4 Å². The van der Waals surface area contributed by atoms with E-state index in [0.29, 0.717) is 0 Å². The van der Waals surface area contributed by atoms with Gasteiger partial charge in [0.1, 0.15) is 11.6 Å². The first kappa shape index (κ1) is 20.0. The van der Waals surface area contributed by atoms with E-state index in [4.69, 9.17) is 4.74 Å². The number of carbonyl (C=O) groups is 1. The average molecular weight is 486 g/mol. The van der Waals surface area contributed by atoms with Crippen LogP contribution in [0.4, 0.5) is 19.3 Å². The lowest BCUT2D eigenvalue weighted by atomic mass is 9.93. The van der Waals surface area contributed by atoms with Gasteiger partial charge >= 0.3 is 6.03 Å². The molecule has 1 aliphatic carbocycles. The van der Waals surface area contributed by atoms with Gasteiger partial charge in [-0.05, 0) is 72.5 Å². The van der Waals surface area contributed by atoms with Crippen molar-refractivity contribution < 1.29 is 18.3 Å². The number of nitrogens with one attached hydrogen (secondary N) is 2. The van der Waals surface area contributed by atoms with Crippen LogP contribution < -0.4 is 10.6 Å². The van der Waals surface area contributed by atoms with Gasteiger partial charge in [0.15, 0.2) is 0 Å². The predicted octanol–water partition coefficient (Wildman–Crippen LogP) is 5.22. The van der Waals surface area contributed by atoms with Gasteiger partial charge in [-0.3, -0.25) is 0 Å². The standard InChI is InChI=1S/C20H21F2IN2O2/c21-16-4-3-5-17(22)15(16)12-27-14-10-8-13(9-11-14)24-20(26)25-19-7-2-1-6-18(19)23/h1-7,13-14H,8-12H2,(H2,24,25,26)/t13-,14-. The summed E-state index contributed by atoms with van der Waals surface area (Å²) in [5.41, 5.74) is 0.745. The normalized spacial score (nSPS) is 19.5. The zero-order chi connectivity index (χ0) is 19.2. The molecule has 144 valence electrons. The first-order valence-electron chi connectivity index (χ1n) is 8.89. The Kier molecular flexibility index (Phi) is 7.01. The van der Waals surface area contributed by atoms with Crippen LogP contribution in [0.2, 0.25) is 0 Å². The number of carbonyl (C=O) groups excluding carboxylic acids is 1. The van der Waals surface area contributed by atoms with Gasteiger partial charge in [-0.1, -0.05) is 18.2 Å². The van der Waals surface area contributed by atoms with Crippen LogP contribution in [0.25, 0.3) is 0 Å². The second kappa shape index (κ2) is 9.45. The fraction of sp³-hybridized carbons (Fsp3) is 0.350. The molecule has 0 aromatic heterocycles. The van der Waals surface area contributed by atoms with Gasteiger partial charge in [0, 0.05) is 15.2 Å². The second-order valence-corrected chi connectivity index (χ2v) is 7.73. The summed E-state index contributed by atoms with van der Waals surface area (Å²) in [7, 11) is 0. The maximum Gasteiger partial charge on any atom is 0.319 e. The number of hydrogen-bond donors (Lipinski definition) is 2. The molecule has 3 rings (SSSR count). The zero-order valence-corrected chi connectivity index (χ0v) is 16.8. The van der Waals surface area contributed by atoms with E-state index >= 15 is 0 Å². The van der Waals surface area contributed by atoms with Crippen LogP contribution in [0.15, 0.2) is 42.5 Å². The largest absolute Gasteiger partial charge is 0.373 e. The Labute approximate surface area is 170 Å². The minimum absolute atomic E-state index is 0.0328. The maximum atomic E-state index is 13.6. The molecular formula is C20H21F2IN2O2. The Morgan fingerprint density at radius 3 is 2.37 bits per heavy atom. The molecule has 2 aromatic rings. The molecule has 27 heavy (non-hydrogen) atoms. The molecule has 1 aliphatic rings. The van der Waals surface area contributed by atoms with Crippen LogP contribution in [0.5, 0.6) is 0 Å². The monoisotopic (exact) mass is 486 g/mol. The fourth-order valence-corrected chi connectivity index (χ4v) is 3.67. The molecule has 0 unspecified atom stereocenters. The Balaban J connectivity index is 1.42. The van der Waals surface area contributed by atoms with E-state index in [2.05, 4.69) is 33.2 Å². The van der Waals surface area contributed by atoms with Crippen molar-refractivity contribution in [2.24, 2.45) is 0 Å². The average Bonchev–Trinajstić information content (AvgIpc) is 2.64. The highest BCUT2D eigenvalue weighted by Gasteiger charge is 2.23. The van der Waals surface area contributed by atoms with Crippen LogP contribution >= 0.6 is 22.6 Å². The highest BCUT2D eigenvalue weighted by Crippen LogP contribution is 2.24. The van der Waals surface area contributed by atoms with Gasteiger partial charge in [0.2, 0.25) is 0 Å². The smallest absolute Gasteiger partial charge is 0.319 e. The number of para-hydroxylation sites is 1. The molecule has 2 amide bonds. The predicted molar refractivity (Wildman–Crippen MR) is 109 cm³/mol. The number of urea groups is 1. The molecule has 2 N–H and O–H groups in total. The number of ether oxygens (including phenoxy) is 1. The van der Waals surface area contributed by atoms with Crippen molar-refractivity contribution in [3.63, 3.8) is 0 Å². The fourth-order valence-electron chi connectivity index (χ4n) is 3.15. The third-order valence-electron chi connectivity index (χ3n) is 4.66. The number of amides is 2. The summed E-state index contributed by atoms with van der Waals surface area (Å²) in [5.74, 6) is -1.17. The highest BCUT2D eigenvalue weighted by atomic mass is 127. The first-order chi connectivity index (χ1) is 13.0. The van der Waals surface area contributed by atoms with Gasteiger partial charge in [0.25, 0.3) is 0 Å². The number of anilines is 1. The van der Waals surface area contributed by atoms with Crippen molar-refractivity contribution >= 4 is 34.3 Å². The van der Waals surface area contributed by atoms with E-state index in [1.165, 1.54) is 18.2 Å². The molecule has 0 aliphatic heterocycles. The third-order valence-corrected chi connectivity index (χ3v) is 5.60. The second-order valence-electron chi connectivity index (χ2n) is 6.56. The van der Waals surface area contributed by atoms with Gasteiger partial charge in [0.05, 0.1) is 18.4 Å². The Bertz CT molecular complexity index is 775. The minimum Gasteiger partial charge on any atom is -0.373 e. The topological polar surface area (TPSA) is 50.4 Å². The van der Waals surface area contributed by atoms with Crippen molar-refractivity contribution in [1.29, 1.82) is 0 Å². The maximum absolute atomic E-state index is 13.6. The summed E-state index contributed by atoms with van der Waals surface area (Å²) in [5, 5.41) is 5.83. The summed E-state index contributed by atoms with van der Waals surface area (Å²) in [6.45, 7) is -0.0752. The highest BCUT2D eigenvalue weighted by molar-refractivity contribution is 14.1. The SMILES string of the molecule is O=C(Nc1ccccc1I)N[C@H]1CC[C@H](OCc2c(F)cccc2F)CC1. The first-order valence-corrected chi connectivity index (χ1v) is 9.97. The molecule has 0 heterocycles. The molecule has 4 nitrogen and oxygen atoms in total. The Hall–Kier alpha value is -1.74. The van der Waals surface area contributed by atoms with Crippen LogP contribution in [-0.2, 0) is 11.3 Å². The van der Waals surface area contributed by atoms with E-state index in [1.807, 2.05) is 24.3 Å². The van der Waals surface area contributed by atoms with Crippen molar-refractivity contribution in [3.05, 3.63) is 63.2 Å². The lowest BCUT2D eigenvalue weighted by molar-refractivity contribution is 0.00964. The van der Waals surface area contributed by atoms with Crippen LogP contribution in [0.1, 0.15) is 31.2 Å². The number of hydrogen-bond acceptors (Lipinski definition) is 2. The molecule has 0 atom stereocenters. The lowest BCUT2D eigenvalue weighted by Crippen LogP contribution is -2.41. The summed E-state index contributed by atoms with van der Waals surface area (Å²) < 4.78 is 33.9.